The summed E-state index contributed by atoms with van der Waals surface area (Å²) in [4.78, 5) is 0. The van der Waals surface area contributed by atoms with Crippen molar-refractivity contribution in [3.63, 3.8) is 0 Å². The Kier molecular flexibility index (Phi) is 3.41. The fourth-order valence-corrected chi connectivity index (χ4v) is 6.40. The largest absolute Gasteiger partial charge is 0.364 e. The van der Waals surface area contributed by atoms with Crippen LogP contribution in [0, 0.1) is 22.7 Å². The van der Waals surface area contributed by atoms with E-state index in [1.54, 1.807) is 0 Å². The summed E-state index contributed by atoms with van der Waals surface area (Å²) in [5.74, 6) is 1.48. The minimum Gasteiger partial charge on any atom is -0.364 e. The highest BCUT2D eigenvalue weighted by molar-refractivity contribution is 5.17. The second kappa shape index (κ2) is 4.60. The van der Waals surface area contributed by atoms with E-state index in [9.17, 15) is 0 Å². The van der Waals surface area contributed by atoms with Gasteiger partial charge >= 0.3 is 0 Å². The van der Waals surface area contributed by atoms with E-state index in [1.807, 2.05) is 0 Å². The van der Waals surface area contributed by atoms with Gasteiger partial charge in [-0.1, -0.05) is 40.2 Å². The normalized spacial score (nSPS) is 52.6. The van der Waals surface area contributed by atoms with E-state index < -0.39 is 0 Å². The summed E-state index contributed by atoms with van der Waals surface area (Å²) in [6.07, 6.45) is 11.2. The van der Waals surface area contributed by atoms with Crippen LogP contribution in [0.3, 0.4) is 0 Å². The van der Waals surface area contributed by atoms with E-state index in [0.717, 1.165) is 12.3 Å². The zero-order valence-corrected chi connectivity index (χ0v) is 14.8. The molecule has 0 bridgehead atoms. The van der Waals surface area contributed by atoms with E-state index in [1.165, 1.54) is 38.5 Å². The Bertz CT molecular complexity index is 439. The number of fused-ring (bicyclic) bond motifs is 2. The molecule has 2 aliphatic carbocycles. The first-order valence-corrected chi connectivity index (χ1v) is 9.03. The molecule has 5 unspecified atom stereocenters. The summed E-state index contributed by atoms with van der Waals surface area (Å²) in [6, 6.07) is 0. The third kappa shape index (κ3) is 1.99. The average molecular weight is 290 g/mol. The quantitative estimate of drug-likeness (QED) is 0.559. The van der Waals surface area contributed by atoms with E-state index >= 15 is 0 Å². The van der Waals surface area contributed by atoms with Gasteiger partial charge in [0.2, 0.25) is 0 Å². The van der Waals surface area contributed by atoms with Gasteiger partial charge in [0, 0.05) is 5.41 Å². The minimum atomic E-state index is -0.110. The highest BCUT2D eigenvalue weighted by atomic mass is 16.5. The molecular weight excluding hydrogens is 256 g/mol. The standard InChI is InChI=1S/C20H34O/c1-7-18(5)13-14-20(21-18)15(2)9-10-16-17(3,4)11-8-12-19(16,20)6/h7,15-16H,1,8-14H2,2-6H3. The zero-order chi connectivity index (χ0) is 15.5. The van der Waals surface area contributed by atoms with Crippen molar-refractivity contribution in [1.29, 1.82) is 0 Å². The molecule has 3 rings (SSSR count). The molecule has 1 heterocycles. The minimum absolute atomic E-state index is 0.0799. The Labute approximate surface area is 131 Å². The average Bonchev–Trinajstić information content (AvgIpc) is 2.76. The third-order valence-corrected chi connectivity index (χ3v) is 7.72. The highest BCUT2D eigenvalue weighted by Crippen LogP contribution is 2.67. The molecule has 1 saturated heterocycles. The Morgan fingerprint density at radius 2 is 1.71 bits per heavy atom. The van der Waals surface area contributed by atoms with Gasteiger partial charge in [-0.15, -0.1) is 6.58 Å². The zero-order valence-electron chi connectivity index (χ0n) is 14.8. The van der Waals surface area contributed by atoms with Gasteiger partial charge in [0.25, 0.3) is 0 Å². The van der Waals surface area contributed by atoms with Crippen molar-refractivity contribution in [2.24, 2.45) is 22.7 Å². The van der Waals surface area contributed by atoms with Gasteiger partial charge < -0.3 is 4.74 Å². The van der Waals surface area contributed by atoms with E-state index in [2.05, 4.69) is 47.3 Å². The summed E-state index contributed by atoms with van der Waals surface area (Å²) in [5.41, 5.74) is 0.779. The lowest BCUT2D eigenvalue weighted by Crippen LogP contribution is -2.62. The monoisotopic (exact) mass is 290 g/mol. The Hall–Kier alpha value is -0.300. The predicted octanol–water partition coefficient (Wildman–Crippen LogP) is 5.74. The van der Waals surface area contributed by atoms with Gasteiger partial charge in [0.15, 0.2) is 0 Å². The summed E-state index contributed by atoms with van der Waals surface area (Å²) < 4.78 is 6.89. The molecule has 1 heteroatoms. The summed E-state index contributed by atoms with van der Waals surface area (Å²) in [6.45, 7) is 16.3. The molecule has 0 aromatic carbocycles. The Morgan fingerprint density at radius 3 is 2.33 bits per heavy atom. The molecule has 0 aromatic heterocycles. The van der Waals surface area contributed by atoms with Crippen molar-refractivity contribution < 1.29 is 4.74 Å². The molecule has 0 N–H and O–H groups in total. The molecule has 21 heavy (non-hydrogen) atoms. The van der Waals surface area contributed by atoms with Crippen LogP contribution < -0.4 is 0 Å². The van der Waals surface area contributed by atoms with E-state index in [4.69, 9.17) is 4.74 Å². The second-order valence-corrected chi connectivity index (χ2v) is 9.30. The molecule has 3 fully saturated rings. The number of hydrogen-bond acceptors (Lipinski definition) is 1. The van der Waals surface area contributed by atoms with E-state index in [-0.39, 0.29) is 11.2 Å². The lowest BCUT2D eigenvalue weighted by Gasteiger charge is -2.63. The first kappa shape index (κ1) is 15.6. The predicted molar refractivity (Wildman–Crippen MR) is 89.3 cm³/mol. The van der Waals surface area contributed by atoms with Crippen LogP contribution in [0.2, 0.25) is 0 Å². The van der Waals surface area contributed by atoms with Crippen LogP contribution in [0.25, 0.3) is 0 Å². The molecular formula is C20H34O. The van der Waals surface area contributed by atoms with Gasteiger partial charge in [-0.2, -0.15) is 0 Å². The van der Waals surface area contributed by atoms with Gasteiger partial charge in [0.1, 0.15) is 0 Å². The van der Waals surface area contributed by atoms with Gasteiger partial charge in [-0.25, -0.2) is 0 Å². The van der Waals surface area contributed by atoms with Crippen LogP contribution in [0.15, 0.2) is 12.7 Å². The van der Waals surface area contributed by atoms with E-state index in [0.29, 0.717) is 16.7 Å². The Morgan fingerprint density at radius 1 is 1.00 bits per heavy atom. The smallest absolute Gasteiger partial charge is 0.0840 e. The number of rotatable bonds is 1. The van der Waals surface area contributed by atoms with Crippen molar-refractivity contribution >= 4 is 0 Å². The molecule has 0 aromatic rings. The fraction of sp³-hybridized carbons (Fsp3) is 0.900. The highest BCUT2D eigenvalue weighted by Gasteiger charge is 2.65. The first-order valence-electron chi connectivity index (χ1n) is 9.03. The van der Waals surface area contributed by atoms with Gasteiger partial charge in [0.05, 0.1) is 11.2 Å². The van der Waals surface area contributed by atoms with Crippen LogP contribution in [-0.4, -0.2) is 11.2 Å². The SMILES string of the molecule is C=CC1(C)CCC2(O1)C(C)CCC1C(C)(C)CCCC12C. The van der Waals surface area contributed by atoms with Gasteiger partial charge in [-0.05, 0) is 62.7 Å². The molecule has 2 saturated carbocycles. The molecule has 0 amide bonds. The number of hydrogen-bond donors (Lipinski definition) is 0. The van der Waals surface area contributed by atoms with Crippen LogP contribution in [0.4, 0.5) is 0 Å². The maximum absolute atomic E-state index is 6.89. The van der Waals surface area contributed by atoms with Gasteiger partial charge in [-0.3, -0.25) is 0 Å². The Balaban J connectivity index is 2.04. The molecule has 0 radical (unpaired) electrons. The summed E-state index contributed by atoms with van der Waals surface area (Å²) in [7, 11) is 0. The van der Waals surface area contributed by atoms with Crippen molar-refractivity contribution in [3.05, 3.63) is 12.7 Å². The molecule has 1 spiro atoms. The van der Waals surface area contributed by atoms with Crippen molar-refractivity contribution in [2.75, 3.05) is 0 Å². The number of ether oxygens (including phenoxy) is 1. The maximum Gasteiger partial charge on any atom is 0.0840 e. The van der Waals surface area contributed by atoms with Crippen molar-refractivity contribution in [2.45, 2.75) is 90.8 Å². The second-order valence-electron chi connectivity index (χ2n) is 9.30. The van der Waals surface area contributed by atoms with Crippen LogP contribution >= 0.6 is 0 Å². The molecule has 5 atom stereocenters. The summed E-state index contributed by atoms with van der Waals surface area (Å²) in [5, 5.41) is 0. The lowest BCUT2D eigenvalue weighted by atomic mass is 9.44. The van der Waals surface area contributed by atoms with Crippen molar-refractivity contribution in [1.82, 2.24) is 0 Å². The molecule has 3 aliphatic rings. The fourth-order valence-electron chi connectivity index (χ4n) is 6.40. The maximum atomic E-state index is 6.89. The van der Waals surface area contributed by atoms with Crippen LogP contribution in [0.5, 0.6) is 0 Å². The molecule has 1 aliphatic heterocycles. The third-order valence-electron chi connectivity index (χ3n) is 7.72. The lowest BCUT2D eigenvalue weighted by molar-refractivity contribution is -0.236. The van der Waals surface area contributed by atoms with Crippen molar-refractivity contribution in [3.8, 4) is 0 Å². The topological polar surface area (TPSA) is 9.23 Å². The molecule has 1 nitrogen and oxygen atoms in total. The van der Waals surface area contributed by atoms with Crippen LogP contribution in [0.1, 0.15) is 79.6 Å². The first-order chi connectivity index (χ1) is 9.69. The van der Waals surface area contributed by atoms with Crippen LogP contribution in [-0.2, 0) is 4.74 Å². The molecule has 120 valence electrons. The summed E-state index contributed by atoms with van der Waals surface area (Å²) >= 11 is 0.